The van der Waals surface area contributed by atoms with Gasteiger partial charge in [-0.25, -0.2) is 0 Å². The third-order valence-electron chi connectivity index (χ3n) is 7.28. The van der Waals surface area contributed by atoms with E-state index >= 15 is 0 Å². The summed E-state index contributed by atoms with van der Waals surface area (Å²) in [5.74, 6) is 0.808. The predicted molar refractivity (Wildman–Crippen MR) is 95.6 cm³/mol. The fraction of sp³-hybridized carbons (Fsp3) is 0.667. The summed E-state index contributed by atoms with van der Waals surface area (Å²) in [4.78, 5) is 12.6. The highest BCUT2D eigenvalue weighted by atomic mass is 19.4. The summed E-state index contributed by atoms with van der Waals surface area (Å²) < 4.78 is 84.3. The topological polar surface area (TPSA) is 38.3 Å². The van der Waals surface area contributed by atoms with Gasteiger partial charge in [-0.3, -0.25) is 4.79 Å². The molecule has 4 fully saturated rings. The van der Waals surface area contributed by atoms with Gasteiger partial charge in [0, 0.05) is 19.2 Å². The van der Waals surface area contributed by atoms with E-state index < -0.39 is 40.6 Å². The molecule has 0 spiro atoms. The van der Waals surface area contributed by atoms with E-state index in [1.807, 2.05) is 0 Å². The highest BCUT2D eigenvalue weighted by molar-refractivity contribution is 5.94. The molecule has 1 aromatic rings. The average Bonchev–Trinajstić information content (AvgIpc) is 2.65. The number of hydrogen-bond donors (Lipinski definition) is 1. The summed E-state index contributed by atoms with van der Waals surface area (Å²) in [7, 11) is 1.57. The monoisotopic (exact) mass is 435 g/mol. The molecule has 0 aliphatic heterocycles. The van der Waals surface area contributed by atoms with Crippen molar-refractivity contribution in [3.63, 3.8) is 0 Å². The van der Waals surface area contributed by atoms with Gasteiger partial charge in [-0.15, -0.1) is 0 Å². The van der Waals surface area contributed by atoms with Crippen molar-refractivity contribution in [3.8, 4) is 0 Å². The summed E-state index contributed by atoms with van der Waals surface area (Å²) >= 11 is 0. The number of carbonyl (C=O) groups excluding carboxylic acids is 1. The molecule has 0 aromatic heterocycles. The maximum Gasteiger partial charge on any atom is 0.416 e. The van der Waals surface area contributed by atoms with Crippen molar-refractivity contribution in [2.24, 2.45) is 23.7 Å². The molecular weight excluding hydrogens is 412 g/mol. The van der Waals surface area contributed by atoms with Gasteiger partial charge in [0.2, 0.25) is 0 Å². The van der Waals surface area contributed by atoms with Crippen LogP contribution in [0.2, 0.25) is 0 Å². The minimum Gasteiger partial charge on any atom is -0.376 e. The Kier molecular flexibility index (Phi) is 5.11. The average molecular weight is 435 g/mol. The summed E-state index contributed by atoms with van der Waals surface area (Å²) in [5, 5.41) is 2.58. The zero-order valence-electron chi connectivity index (χ0n) is 16.4. The smallest absolute Gasteiger partial charge is 0.376 e. The lowest BCUT2D eigenvalue weighted by atomic mass is 9.49. The second kappa shape index (κ2) is 7.14. The fourth-order valence-electron chi connectivity index (χ4n) is 6.08. The molecule has 30 heavy (non-hydrogen) atoms. The molecule has 3 nitrogen and oxygen atoms in total. The number of alkyl halides is 6. The molecule has 0 radical (unpaired) electrons. The quantitative estimate of drug-likeness (QED) is 0.653. The Hall–Kier alpha value is -1.77. The van der Waals surface area contributed by atoms with E-state index in [1.54, 1.807) is 7.11 Å². The van der Waals surface area contributed by atoms with E-state index in [4.69, 9.17) is 4.74 Å². The molecule has 0 saturated heterocycles. The number of ether oxygens (including phenoxy) is 1. The zero-order chi connectivity index (χ0) is 21.9. The SMILES string of the molecule is COC1(CNC(=O)c2cc(C(F)(F)F)cc(C(F)(F)F)c2)C2CC3CC(C2)CC1C3. The summed E-state index contributed by atoms with van der Waals surface area (Å²) in [6, 6.07) is 0.938. The minimum atomic E-state index is -4.99. The second-order valence-electron chi connectivity index (χ2n) is 8.94. The Morgan fingerprint density at radius 2 is 1.40 bits per heavy atom. The standard InChI is InChI=1S/C21H23F6NO2/c1-30-19(14-3-11-2-12(5-14)6-15(19)4-11)10-28-18(29)13-7-16(20(22,23)24)9-17(8-13)21(25,26)27/h7-9,11-12,14-15H,2-6,10H2,1H3,(H,28,29). The van der Waals surface area contributed by atoms with Gasteiger partial charge in [0.25, 0.3) is 5.91 Å². The Morgan fingerprint density at radius 3 is 1.80 bits per heavy atom. The summed E-state index contributed by atoms with van der Waals surface area (Å²) in [6.07, 6.45) is -4.84. The van der Waals surface area contributed by atoms with Crippen molar-refractivity contribution >= 4 is 5.91 Å². The van der Waals surface area contributed by atoms with Crippen LogP contribution in [0.3, 0.4) is 0 Å². The normalized spacial score (nSPS) is 33.0. The molecule has 166 valence electrons. The van der Waals surface area contributed by atoms with E-state index in [0.717, 1.165) is 25.7 Å². The number of methoxy groups -OCH3 is 1. The molecule has 1 amide bonds. The van der Waals surface area contributed by atoms with Crippen LogP contribution in [-0.2, 0) is 17.1 Å². The maximum atomic E-state index is 13.1. The molecule has 4 saturated carbocycles. The van der Waals surface area contributed by atoms with E-state index in [0.29, 0.717) is 24.0 Å². The minimum absolute atomic E-state index is 0.0191. The Bertz CT molecular complexity index is 772. The molecule has 0 atom stereocenters. The predicted octanol–water partition coefficient (Wildman–Crippen LogP) is 5.30. The third-order valence-corrected chi connectivity index (χ3v) is 7.28. The first-order valence-corrected chi connectivity index (χ1v) is 10.0. The number of carbonyl (C=O) groups is 1. The molecular formula is C21H23F6NO2. The van der Waals surface area contributed by atoms with Crippen LogP contribution in [0.5, 0.6) is 0 Å². The number of rotatable bonds is 4. The molecule has 1 N–H and O–H groups in total. The first-order valence-electron chi connectivity index (χ1n) is 10.0. The molecule has 1 aromatic carbocycles. The highest BCUT2D eigenvalue weighted by Gasteiger charge is 2.57. The number of halogens is 6. The van der Waals surface area contributed by atoms with E-state index in [-0.39, 0.29) is 24.4 Å². The Balaban J connectivity index is 1.57. The van der Waals surface area contributed by atoms with Crippen molar-refractivity contribution in [1.82, 2.24) is 5.32 Å². The number of hydrogen-bond acceptors (Lipinski definition) is 2. The zero-order valence-corrected chi connectivity index (χ0v) is 16.4. The van der Waals surface area contributed by atoms with E-state index in [9.17, 15) is 31.1 Å². The van der Waals surface area contributed by atoms with Gasteiger partial charge in [0.1, 0.15) is 0 Å². The van der Waals surface area contributed by atoms with Crippen LogP contribution < -0.4 is 5.32 Å². The highest BCUT2D eigenvalue weighted by Crippen LogP contribution is 2.59. The molecule has 4 bridgehead atoms. The lowest BCUT2D eigenvalue weighted by molar-refractivity contribution is -0.186. The Morgan fingerprint density at radius 1 is 0.933 bits per heavy atom. The summed E-state index contributed by atoms with van der Waals surface area (Å²) in [6.45, 7) is 0.0781. The molecule has 4 aliphatic rings. The molecule has 0 heterocycles. The van der Waals surface area contributed by atoms with E-state index in [1.165, 1.54) is 6.42 Å². The second-order valence-corrected chi connectivity index (χ2v) is 8.94. The van der Waals surface area contributed by atoms with Crippen LogP contribution in [0, 0.1) is 23.7 Å². The van der Waals surface area contributed by atoms with E-state index in [2.05, 4.69) is 5.32 Å². The lowest BCUT2D eigenvalue weighted by Crippen LogP contribution is -2.63. The van der Waals surface area contributed by atoms with Crippen molar-refractivity contribution in [1.29, 1.82) is 0 Å². The maximum absolute atomic E-state index is 13.1. The molecule has 4 aliphatic carbocycles. The van der Waals surface area contributed by atoms with Crippen LogP contribution in [-0.4, -0.2) is 25.2 Å². The number of amides is 1. The van der Waals surface area contributed by atoms with Gasteiger partial charge in [-0.05, 0) is 74.0 Å². The number of benzene rings is 1. The molecule has 0 unspecified atom stereocenters. The van der Waals surface area contributed by atoms with Gasteiger partial charge in [-0.2, -0.15) is 26.3 Å². The van der Waals surface area contributed by atoms with Gasteiger partial charge < -0.3 is 10.1 Å². The lowest BCUT2D eigenvalue weighted by Gasteiger charge is -2.60. The molecule has 9 heteroatoms. The largest absolute Gasteiger partial charge is 0.416 e. The van der Waals surface area contributed by atoms with Crippen LogP contribution in [0.25, 0.3) is 0 Å². The van der Waals surface area contributed by atoms with Gasteiger partial charge >= 0.3 is 12.4 Å². The van der Waals surface area contributed by atoms with Gasteiger partial charge in [0.15, 0.2) is 0 Å². The van der Waals surface area contributed by atoms with Crippen LogP contribution in [0.4, 0.5) is 26.3 Å². The first-order chi connectivity index (χ1) is 13.9. The van der Waals surface area contributed by atoms with Crippen molar-refractivity contribution in [2.45, 2.75) is 50.1 Å². The first kappa shape index (κ1) is 21.5. The van der Waals surface area contributed by atoms with Crippen LogP contribution in [0.1, 0.15) is 53.6 Å². The third kappa shape index (κ3) is 3.69. The van der Waals surface area contributed by atoms with Gasteiger partial charge in [-0.1, -0.05) is 0 Å². The van der Waals surface area contributed by atoms with Crippen molar-refractivity contribution in [3.05, 3.63) is 34.9 Å². The van der Waals surface area contributed by atoms with Crippen molar-refractivity contribution < 1.29 is 35.9 Å². The van der Waals surface area contributed by atoms with Gasteiger partial charge in [0.05, 0.1) is 16.7 Å². The van der Waals surface area contributed by atoms with Crippen LogP contribution >= 0.6 is 0 Å². The van der Waals surface area contributed by atoms with Crippen LogP contribution in [0.15, 0.2) is 18.2 Å². The fourth-order valence-corrected chi connectivity index (χ4v) is 6.08. The van der Waals surface area contributed by atoms with Crippen molar-refractivity contribution in [2.75, 3.05) is 13.7 Å². The Labute approximate surface area is 170 Å². The molecule has 5 rings (SSSR count). The summed E-state index contributed by atoms with van der Waals surface area (Å²) in [5.41, 5.74) is -4.28. The number of nitrogens with one attached hydrogen (secondary N) is 1.